The van der Waals surface area contributed by atoms with Gasteiger partial charge in [0.2, 0.25) is 0 Å². The van der Waals surface area contributed by atoms with E-state index in [1.54, 1.807) is 6.07 Å². The van der Waals surface area contributed by atoms with Crippen LogP contribution < -0.4 is 0 Å². The highest BCUT2D eigenvalue weighted by Gasteiger charge is 2.52. The summed E-state index contributed by atoms with van der Waals surface area (Å²) in [6, 6.07) is 22.8. The molecule has 5 nitrogen and oxygen atoms in total. The van der Waals surface area contributed by atoms with E-state index in [2.05, 4.69) is 11.1 Å². The molecule has 0 aliphatic carbocycles. The van der Waals surface area contributed by atoms with Crippen LogP contribution in [0.2, 0.25) is 0 Å². The predicted octanol–water partition coefficient (Wildman–Crippen LogP) is 4.02. The van der Waals surface area contributed by atoms with Crippen molar-refractivity contribution in [1.82, 2.24) is 9.88 Å². The minimum absolute atomic E-state index is 0.0963. The lowest BCUT2D eigenvalue weighted by Gasteiger charge is -2.36. The molecule has 0 spiro atoms. The molecule has 0 N–H and O–H groups in total. The lowest BCUT2D eigenvalue weighted by molar-refractivity contribution is -0.0600. The van der Waals surface area contributed by atoms with Gasteiger partial charge in [0.05, 0.1) is 18.3 Å². The zero-order valence-electron chi connectivity index (χ0n) is 15.3. The molecular weight excluding hydrogens is 350 g/mol. The van der Waals surface area contributed by atoms with Crippen molar-refractivity contribution < 1.29 is 9.53 Å². The van der Waals surface area contributed by atoms with Crippen LogP contribution in [0.4, 0.5) is 0 Å². The van der Waals surface area contributed by atoms with Crippen molar-refractivity contribution in [2.75, 3.05) is 6.61 Å². The highest BCUT2D eigenvalue weighted by molar-refractivity contribution is 6.03. The Morgan fingerprint density at radius 2 is 1.79 bits per heavy atom. The molecule has 2 aliphatic rings. The number of carbonyl (C=O) groups excluding carboxylic acids is 1. The van der Waals surface area contributed by atoms with Crippen molar-refractivity contribution in [2.24, 2.45) is 0 Å². The Bertz CT molecular complexity index is 1140. The second-order valence-corrected chi connectivity index (χ2v) is 7.15. The first kappa shape index (κ1) is 16.7. The zero-order valence-corrected chi connectivity index (χ0v) is 15.3. The average Bonchev–Trinajstić information content (AvgIpc) is 3.08. The molecule has 1 amide bonds. The van der Waals surface area contributed by atoms with Gasteiger partial charge in [-0.1, -0.05) is 48.5 Å². The number of fused-ring (bicyclic) bond motifs is 5. The fourth-order valence-electron chi connectivity index (χ4n) is 4.25. The van der Waals surface area contributed by atoms with Crippen molar-refractivity contribution >= 4 is 5.91 Å². The summed E-state index contributed by atoms with van der Waals surface area (Å²) in [5, 5.41) is 9.33. The molecule has 1 saturated heterocycles. The maximum Gasteiger partial charge on any atom is 0.257 e. The number of ether oxygens (including phenoxy) is 1. The van der Waals surface area contributed by atoms with Crippen molar-refractivity contribution in [3.63, 3.8) is 0 Å². The zero-order chi connectivity index (χ0) is 19.3. The van der Waals surface area contributed by atoms with Crippen molar-refractivity contribution in [2.45, 2.75) is 18.7 Å². The number of carbonyl (C=O) groups is 1. The first-order chi connectivity index (χ1) is 13.6. The van der Waals surface area contributed by atoms with E-state index in [9.17, 15) is 10.1 Å². The van der Waals surface area contributed by atoms with E-state index in [-0.39, 0.29) is 11.9 Å². The lowest BCUT2D eigenvalue weighted by Crippen LogP contribution is -2.44. The summed E-state index contributed by atoms with van der Waals surface area (Å²) in [5.74, 6) is -0.0963. The third-order valence-corrected chi connectivity index (χ3v) is 5.62. The van der Waals surface area contributed by atoms with Gasteiger partial charge in [-0.15, -0.1) is 0 Å². The Balaban J connectivity index is 1.79. The summed E-state index contributed by atoms with van der Waals surface area (Å²) < 4.78 is 6.28. The third kappa shape index (κ3) is 2.22. The van der Waals surface area contributed by atoms with Gasteiger partial charge in [0.1, 0.15) is 11.8 Å². The van der Waals surface area contributed by atoms with E-state index < -0.39 is 5.72 Å². The number of amides is 1. The maximum atomic E-state index is 13.7. The Morgan fingerprint density at radius 1 is 1.07 bits per heavy atom. The van der Waals surface area contributed by atoms with Crippen LogP contribution in [-0.4, -0.2) is 22.4 Å². The van der Waals surface area contributed by atoms with E-state index in [4.69, 9.17) is 4.74 Å². The number of rotatable bonds is 1. The number of benzene rings is 2. The standard InChI is InChI=1S/C23H17N3O2/c1-23-19-12-11-16(13-24)25-21(19)17-9-5-6-10-18(17)22(27)26(23)20(14-28-23)15-7-3-2-4-8-15/h2-12,20H,14H2,1H3/t20-,23-/m0/s1. The molecule has 0 saturated carbocycles. The molecule has 2 atom stereocenters. The van der Waals surface area contributed by atoms with Gasteiger partial charge < -0.3 is 4.74 Å². The quantitative estimate of drug-likeness (QED) is 0.651. The van der Waals surface area contributed by atoms with E-state index in [1.807, 2.05) is 72.5 Å². The van der Waals surface area contributed by atoms with E-state index in [0.717, 1.165) is 16.7 Å². The summed E-state index contributed by atoms with van der Waals surface area (Å²) >= 11 is 0. The molecule has 5 heteroatoms. The third-order valence-electron chi connectivity index (χ3n) is 5.62. The van der Waals surface area contributed by atoms with Gasteiger partial charge in [0, 0.05) is 16.7 Å². The van der Waals surface area contributed by atoms with Crippen LogP contribution in [0, 0.1) is 11.3 Å². The molecule has 136 valence electrons. The number of hydrogen-bond acceptors (Lipinski definition) is 4. The Morgan fingerprint density at radius 3 is 2.54 bits per heavy atom. The summed E-state index contributed by atoms with van der Waals surface area (Å²) in [6.07, 6.45) is 0. The van der Waals surface area contributed by atoms with Crippen molar-refractivity contribution in [3.05, 3.63) is 89.1 Å². The molecule has 0 radical (unpaired) electrons. The van der Waals surface area contributed by atoms with Gasteiger partial charge in [0.25, 0.3) is 5.91 Å². The van der Waals surface area contributed by atoms with Crippen LogP contribution in [0.15, 0.2) is 66.7 Å². The van der Waals surface area contributed by atoms with Gasteiger partial charge in [-0.3, -0.25) is 9.69 Å². The van der Waals surface area contributed by atoms with Crippen LogP contribution in [0.25, 0.3) is 11.3 Å². The summed E-state index contributed by atoms with van der Waals surface area (Å²) in [7, 11) is 0. The first-order valence-electron chi connectivity index (χ1n) is 9.17. The minimum Gasteiger partial charge on any atom is -0.349 e. The fourth-order valence-corrected chi connectivity index (χ4v) is 4.25. The molecule has 2 aromatic carbocycles. The lowest BCUT2D eigenvalue weighted by atomic mass is 9.97. The number of nitrogens with zero attached hydrogens (tertiary/aromatic N) is 3. The highest BCUT2D eigenvalue weighted by atomic mass is 16.5. The second-order valence-electron chi connectivity index (χ2n) is 7.15. The molecule has 0 bridgehead atoms. The summed E-state index contributed by atoms with van der Waals surface area (Å²) in [5.41, 5.74) is 3.10. The topological polar surface area (TPSA) is 66.2 Å². The smallest absolute Gasteiger partial charge is 0.257 e. The van der Waals surface area contributed by atoms with Gasteiger partial charge >= 0.3 is 0 Å². The van der Waals surface area contributed by atoms with Crippen LogP contribution in [-0.2, 0) is 10.5 Å². The molecule has 5 rings (SSSR count). The van der Waals surface area contributed by atoms with Crippen molar-refractivity contribution in [1.29, 1.82) is 5.26 Å². The van der Waals surface area contributed by atoms with E-state index >= 15 is 0 Å². The average molecular weight is 367 g/mol. The van der Waals surface area contributed by atoms with Gasteiger partial charge in [-0.05, 0) is 30.7 Å². The van der Waals surface area contributed by atoms with Crippen molar-refractivity contribution in [3.8, 4) is 17.3 Å². The van der Waals surface area contributed by atoms with E-state index in [1.165, 1.54) is 0 Å². The minimum atomic E-state index is -0.965. The molecule has 0 unspecified atom stereocenters. The predicted molar refractivity (Wildman–Crippen MR) is 103 cm³/mol. The highest BCUT2D eigenvalue weighted by Crippen LogP contribution is 2.49. The summed E-state index contributed by atoms with van der Waals surface area (Å²) in [6.45, 7) is 2.31. The molecule has 3 heterocycles. The number of nitriles is 1. The molecule has 1 aromatic heterocycles. The fraction of sp³-hybridized carbons (Fsp3) is 0.174. The van der Waals surface area contributed by atoms with Crippen LogP contribution in [0.1, 0.15) is 40.1 Å². The van der Waals surface area contributed by atoms with Gasteiger partial charge in [-0.2, -0.15) is 5.26 Å². The Labute approximate surface area is 162 Å². The normalized spacial score (nSPS) is 22.6. The molecule has 2 aliphatic heterocycles. The Kier molecular flexibility index (Phi) is 3.58. The summed E-state index contributed by atoms with van der Waals surface area (Å²) in [4.78, 5) is 20.1. The number of hydrogen-bond donors (Lipinski definition) is 0. The largest absolute Gasteiger partial charge is 0.349 e. The van der Waals surface area contributed by atoms with Crippen LogP contribution in [0.5, 0.6) is 0 Å². The maximum absolute atomic E-state index is 13.7. The van der Waals surface area contributed by atoms with Crippen LogP contribution in [0.3, 0.4) is 0 Å². The number of pyridine rings is 1. The van der Waals surface area contributed by atoms with Crippen LogP contribution >= 0.6 is 0 Å². The van der Waals surface area contributed by atoms with Gasteiger partial charge in [0.15, 0.2) is 5.72 Å². The SMILES string of the molecule is C[C@@]12OC[C@@H](c3ccccc3)N1C(=O)c1ccccc1-c1nc(C#N)ccc12. The van der Waals surface area contributed by atoms with Gasteiger partial charge in [-0.25, -0.2) is 4.98 Å². The number of aromatic nitrogens is 1. The monoisotopic (exact) mass is 367 g/mol. The molecule has 3 aromatic rings. The Hall–Kier alpha value is -3.49. The first-order valence-corrected chi connectivity index (χ1v) is 9.17. The second kappa shape index (κ2) is 6.01. The molecular formula is C23H17N3O2. The molecule has 1 fully saturated rings. The molecule has 28 heavy (non-hydrogen) atoms. The van der Waals surface area contributed by atoms with E-state index in [0.29, 0.717) is 23.6 Å².